The number of rotatable bonds is 2. The Morgan fingerprint density at radius 3 is 3.08 bits per heavy atom. The van der Waals surface area contributed by atoms with Crippen LogP contribution in [0.25, 0.3) is 0 Å². The summed E-state index contributed by atoms with van der Waals surface area (Å²) in [4.78, 5) is 0. The third-order valence-electron chi connectivity index (χ3n) is 2.98. The lowest BCUT2D eigenvalue weighted by Crippen LogP contribution is -1.96. The van der Waals surface area contributed by atoms with E-state index >= 15 is 0 Å². The van der Waals surface area contributed by atoms with Crippen LogP contribution >= 0.6 is 0 Å². The molecular weight excluding hydrogens is 160 g/mol. The number of hydrogen-bond donors (Lipinski definition) is 1. The van der Waals surface area contributed by atoms with E-state index in [0.29, 0.717) is 12.5 Å². The third kappa shape index (κ3) is 1.61. The molecule has 2 rings (SSSR count). The molecule has 0 heterocycles. The minimum atomic E-state index is 0.318. The first kappa shape index (κ1) is 8.76. The zero-order valence-corrected chi connectivity index (χ0v) is 8.09. The van der Waals surface area contributed by atoms with Crippen LogP contribution in [0.1, 0.15) is 35.4 Å². The van der Waals surface area contributed by atoms with Crippen molar-refractivity contribution in [2.75, 3.05) is 6.61 Å². The standard InChI is InChI=1S/C12H16O/c1-9-2-3-10-4-5-11(6-7-13)12(10)8-9/h2-3,8,11,13H,4-7H2,1H3. The molecule has 0 aromatic heterocycles. The van der Waals surface area contributed by atoms with Crippen LogP contribution in [0.15, 0.2) is 18.2 Å². The maximum absolute atomic E-state index is 8.92. The van der Waals surface area contributed by atoms with E-state index < -0.39 is 0 Å². The van der Waals surface area contributed by atoms with Crippen molar-refractivity contribution in [3.63, 3.8) is 0 Å². The minimum Gasteiger partial charge on any atom is -0.396 e. The fraction of sp³-hybridized carbons (Fsp3) is 0.500. The van der Waals surface area contributed by atoms with Gasteiger partial charge >= 0.3 is 0 Å². The van der Waals surface area contributed by atoms with Gasteiger partial charge in [0, 0.05) is 6.61 Å². The monoisotopic (exact) mass is 176 g/mol. The zero-order chi connectivity index (χ0) is 9.26. The number of aryl methyl sites for hydroxylation is 2. The molecule has 1 unspecified atom stereocenters. The topological polar surface area (TPSA) is 20.2 Å². The maximum Gasteiger partial charge on any atom is 0.0436 e. The quantitative estimate of drug-likeness (QED) is 0.733. The number of hydrogen-bond acceptors (Lipinski definition) is 1. The van der Waals surface area contributed by atoms with Crippen molar-refractivity contribution in [1.29, 1.82) is 0 Å². The van der Waals surface area contributed by atoms with Crippen LogP contribution in [0.4, 0.5) is 0 Å². The molecule has 13 heavy (non-hydrogen) atoms. The second kappa shape index (κ2) is 3.51. The summed E-state index contributed by atoms with van der Waals surface area (Å²) in [5.41, 5.74) is 4.31. The Hall–Kier alpha value is -0.820. The molecule has 1 aliphatic rings. The van der Waals surface area contributed by atoms with Gasteiger partial charge in [-0.2, -0.15) is 0 Å². The SMILES string of the molecule is Cc1ccc2c(c1)C(CCO)CC2. The summed E-state index contributed by atoms with van der Waals surface area (Å²) in [6.07, 6.45) is 3.34. The van der Waals surface area contributed by atoms with Gasteiger partial charge in [-0.15, -0.1) is 0 Å². The summed E-state index contributed by atoms with van der Waals surface area (Å²) < 4.78 is 0. The molecule has 1 nitrogen and oxygen atoms in total. The number of fused-ring (bicyclic) bond motifs is 1. The minimum absolute atomic E-state index is 0.318. The normalized spacial score (nSPS) is 20.3. The van der Waals surface area contributed by atoms with Crippen LogP contribution in [0, 0.1) is 6.92 Å². The number of aliphatic hydroxyl groups excluding tert-OH is 1. The molecule has 1 aliphatic carbocycles. The van der Waals surface area contributed by atoms with Gasteiger partial charge in [0.05, 0.1) is 0 Å². The first-order valence-electron chi connectivity index (χ1n) is 5.01. The Labute approximate surface area is 79.4 Å². The van der Waals surface area contributed by atoms with Gasteiger partial charge in [-0.3, -0.25) is 0 Å². The molecule has 1 aromatic rings. The summed E-state index contributed by atoms with van der Waals surface area (Å²) in [5.74, 6) is 0.611. The summed E-state index contributed by atoms with van der Waals surface area (Å²) in [6, 6.07) is 6.70. The molecule has 0 saturated heterocycles. The predicted octanol–water partition coefficient (Wildman–Crippen LogP) is 2.41. The predicted molar refractivity (Wildman–Crippen MR) is 53.9 cm³/mol. The lowest BCUT2D eigenvalue weighted by atomic mass is 9.97. The van der Waals surface area contributed by atoms with Gasteiger partial charge in [-0.05, 0) is 43.2 Å². The molecule has 0 radical (unpaired) electrons. The number of benzene rings is 1. The smallest absolute Gasteiger partial charge is 0.0436 e. The second-order valence-electron chi connectivity index (χ2n) is 3.95. The van der Waals surface area contributed by atoms with Crippen molar-refractivity contribution in [1.82, 2.24) is 0 Å². The fourth-order valence-electron chi connectivity index (χ4n) is 2.26. The van der Waals surface area contributed by atoms with E-state index in [1.54, 1.807) is 0 Å². The highest BCUT2D eigenvalue weighted by Gasteiger charge is 2.21. The summed E-state index contributed by atoms with van der Waals surface area (Å²) >= 11 is 0. The molecular formula is C12H16O. The third-order valence-corrected chi connectivity index (χ3v) is 2.98. The maximum atomic E-state index is 8.92. The Bertz CT molecular complexity index is 302. The van der Waals surface area contributed by atoms with Crippen LogP contribution < -0.4 is 0 Å². The van der Waals surface area contributed by atoms with E-state index in [1.165, 1.54) is 29.5 Å². The molecule has 1 heteroatoms. The Morgan fingerprint density at radius 2 is 2.31 bits per heavy atom. The van der Waals surface area contributed by atoms with Gasteiger partial charge in [0.1, 0.15) is 0 Å². The van der Waals surface area contributed by atoms with Crippen molar-refractivity contribution in [3.8, 4) is 0 Å². The van der Waals surface area contributed by atoms with E-state index in [4.69, 9.17) is 5.11 Å². The second-order valence-corrected chi connectivity index (χ2v) is 3.95. The Kier molecular flexibility index (Phi) is 2.36. The van der Waals surface area contributed by atoms with Gasteiger partial charge in [-0.1, -0.05) is 23.8 Å². The molecule has 1 atom stereocenters. The van der Waals surface area contributed by atoms with Crippen LogP contribution in [0.5, 0.6) is 0 Å². The number of aliphatic hydroxyl groups is 1. The summed E-state index contributed by atoms with van der Waals surface area (Å²) in [5, 5.41) is 8.92. The molecule has 0 bridgehead atoms. The van der Waals surface area contributed by atoms with Gasteiger partial charge in [0.2, 0.25) is 0 Å². The average Bonchev–Trinajstić information content (AvgIpc) is 2.49. The van der Waals surface area contributed by atoms with Crippen LogP contribution in [0.3, 0.4) is 0 Å². The van der Waals surface area contributed by atoms with E-state index in [-0.39, 0.29) is 0 Å². The van der Waals surface area contributed by atoms with Gasteiger partial charge in [-0.25, -0.2) is 0 Å². The highest BCUT2D eigenvalue weighted by atomic mass is 16.3. The molecule has 0 amide bonds. The van der Waals surface area contributed by atoms with Crippen molar-refractivity contribution >= 4 is 0 Å². The van der Waals surface area contributed by atoms with E-state index in [1.807, 2.05) is 0 Å². The van der Waals surface area contributed by atoms with Crippen LogP contribution in [-0.4, -0.2) is 11.7 Å². The molecule has 1 N–H and O–H groups in total. The molecule has 1 aromatic carbocycles. The van der Waals surface area contributed by atoms with Crippen molar-refractivity contribution in [3.05, 3.63) is 34.9 Å². The van der Waals surface area contributed by atoms with E-state index in [2.05, 4.69) is 25.1 Å². The van der Waals surface area contributed by atoms with E-state index in [9.17, 15) is 0 Å². The van der Waals surface area contributed by atoms with Crippen LogP contribution in [-0.2, 0) is 6.42 Å². The summed E-state index contributed by atoms with van der Waals surface area (Å²) in [7, 11) is 0. The largest absolute Gasteiger partial charge is 0.396 e. The first-order chi connectivity index (χ1) is 6.31. The molecule has 0 spiro atoms. The molecule has 0 saturated carbocycles. The van der Waals surface area contributed by atoms with Crippen molar-refractivity contribution in [2.45, 2.75) is 32.1 Å². The molecule has 0 aliphatic heterocycles. The van der Waals surface area contributed by atoms with Crippen LogP contribution in [0.2, 0.25) is 0 Å². The fourth-order valence-corrected chi connectivity index (χ4v) is 2.26. The highest BCUT2D eigenvalue weighted by molar-refractivity contribution is 5.37. The lowest BCUT2D eigenvalue weighted by molar-refractivity contribution is 0.275. The molecule has 0 fully saturated rings. The van der Waals surface area contributed by atoms with E-state index in [0.717, 1.165) is 6.42 Å². The first-order valence-corrected chi connectivity index (χ1v) is 5.01. The van der Waals surface area contributed by atoms with Gasteiger partial charge in [0.15, 0.2) is 0 Å². The highest BCUT2D eigenvalue weighted by Crippen LogP contribution is 2.35. The van der Waals surface area contributed by atoms with Crippen molar-refractivity contribution < 1.29 is 5.11 Å². The van der Waals surface area contributed by atoms with Gasteiger partial charge in [0.25, 0.3) is 0 Å². The Morgan fingerprint density at radius 1 is 1.46 bits per heavy atom. The van der Waals surface area contributed by atoms with Crippen molar-refractivity contribution in [2.24, 2.45) is 0 Å². The zero-order valence-electron chi connectivity index (χ0n) is 8.09. The molecule has 70 valence electrons. The lowest BCUT2D eigenvalue weighted by Gasteiger charge is -2.09. The van der Waals surface area contributed by atoms with Gasteiger partial charge < -0.3 is 5.11 Å². The average molecular weight is 176 g/mol. The Balaban J connectivity index is 2.29. The summed E-state index contributed by atoms with van der Waals surface area (Å²) in [6.45, 7) is 2.45.